The number of ether oxygens (including phenoxy) is 2. The quantitative estimate of drug-likeness (QED) is 0.419. The standard InChI is InChI=1S/C20H19ClN4O2.2ClH/c1-4-25-20-16(11-24-25)19(21)14(10-23-20)5-12-8-22-9-13-6-17(26-2)18(27-3)7-15(12)13;;/h6-11H,4-5H2,1-3H3;2*1H. The van der Waals surface area contributed by atoms with Crippen LogP contribution >= 0.6 is 36.4 Å². The molecule has 6 nitrogen and oxygen atoms in total. The molecule has 0 bridgehead atoms. The van der Waals surface area contributed by atoms with Gasteiger partial charge in [0.15, 0.2) is 17.1 Å². The van der Waals surface area contributed by atoms with Crippen molar-refractivity contribution in [2.24, 2.45) is 0 Å². The summed E-state index contributed by atoms with van der Waals surface area (Å²) >= 11 is 6.66. The van der Waals surface area contributed by atoms with Crippen LogP contribution in [0.3, 0.4) is 0 Å². The fourth-order valence-electron chi connectivity index (χ4n) is 3.30. The number of hydrogen-bond donors (Lipinski definition) is 0. The van der Waals surface area contributed by atoms with Crippen molar-refractivity contribution in [2.45, 2.75) is 19.9 Å². The Morgan fingerprint density at radius 1 is 0.931 bits per heavy atom. The van der Waals surface area contributed by atoms with E-state index in [1.807, 2.05) is 42.3 Å². The topological polar surface area (TPSA) is 62.1 Å². The Bertz CT molecular complexity index is 1150. The number of aryl methyl sites for hydroxylation is 1. The summed E-state index contributed by atoms with van der Waals surface area (Å²) in [5.74, 6) is 1.36. The molecule has 0 amide bonds. The molecule has 0 saturated carbocycles. The second kappa shape index (κ2) is 9.48. The minimum Gasteiger partial charge on any atom is -0.493 e. The third-order valence-corrected chi connectivity index (χ3v) is 5.15. The summed E-state index contributed by atoms with van der Waals surface area (Å²) in [6.07, 6.45) is 7.86. The average molecular weight is 456 g/mol. The molecule has 0 N–H and O–H groups in total. The highest BCUT2D eigenvalue weighted by Gasteiger charge is 2.14. The zero-order valence-electron chi connectivity index (χ0n) is 16.2. The number of pyridine rings is 2. The van der Waals surface area contributed by atoms with Gasteiger partial charge in [-0.05, 0) is 35.6 Å². The lowest BCUT2D eigenvalue weighted by atomic mass is 10.0. The number of halogens is 3. The summed E-state index contributed by atoms with van der Waals surface area (Å²) in [7, 11) is 3.25. The van der Waals surface area contributed by atoms with Gasteiger partial charge in [-0.15, -0.1) is 24.8 Å². The molecular formula is C20H21Cl3N4O2. The van der Waals surface area contributed by atoms with Crippen LogP contribution in [0.2, 0.25) is 5.02 Å². The van der Waals surface area contributed by atoms with Crippen molar-refractivity contribution >= 4 is 58.2 Å². The number of hydrogen-bond acceptors (Lipinski definition) is 5. The van der Waals surface area contributed by atoms with E-state index in [-0.39, 0.29) is 24.8 Å². The highest BCUT2D eigenvalue weighted by molar-refractivity contribution is 6.36. The van der Waals surface area contributed by atoms with Crippen LogP contribution in [0.1, 0.15) is 18.1 Å². The number of benzene rings is 1. The molecule has 0 aliphatic heterocycles. The molecule has 3 aromatic heterocycles. The van der Waals surface area contributed by atoms with Gasteiger partial charge in [0.1, 0.15) is 0 Å². The third-order valence-electron chi connectivity index (χ3n) is 4.70. The first kappa shape index (κ1) is 23.0. The van der Waals surface area contributed by atoms with Gasteiger partial charge in [0.05, 0.1) is 30.8 Å². The smallest absolute Gasteiger partial charge is 0.161 e. The van der Waals surface area contributed by atoms with Gasteiger partial charge in [0.2, 0.25) is 0 Å². The lowest BCUT2D eigenvalue weighted by Gasteiger charge is -2.12. The zero-order valence-corrected chi connectivity index (χ0v) is 18.6. The van der Waals surface area contributed by atoms with E-state index in [0.29, 0.717) is 22.9 Å². The van der Waals surface area contributed by atoms with Crippen molar-refractivity contribution in [3.8, 4) is 11.5 Å². The Kier molecular flexibility index (Phi) is 7.52. The molecule has 4 rings (SSSR count). The number of fused-ring (bicyclic) bond motifs is 2. The maximum atomic E-state index is 6.66. The average Bonchev–Trinajstić information content (AvgIpc) is 3.13. The maximum Gasteiger partial charge on any atom is 0.161 e. The lowest BCUT2D eigenvalue weighted by Crippen LogP contribution is -1.99. The number of nitrogens with zero attached hydrogens (tertiary/aromatic N) is 4. The molecule has 0 spiro atoms. The third kappa shape index (κ3) is 4.06. The summed E-state index contributed by atoms with van der Waals surface area (Å²) < 4.78 is 12.7. The molecule has 9 heteroatoms. The number of rotatable bonds is 5. The van der Waals surface area contributed by atoms with Gasteiger partial charge in [-0.3, -0.25) is 4.98 Å². The first-order chi connectivity index (χ1) is 13.2. The fourth-order valence-corrected chi connectivity index (χ4v) is 3.54. The van der Waals surface area contributed by atoms with Gasteiger partial charge < -0.3 is 9.47 Å². The summed E-state index contributed by atoms with van der Waals surface area (Å²) in [6.45, 7) is 2.78. The van der Waals surface area contributed by atoms with Crippen LogP contribution in [0.25, 0.3) is 21.8 Å². The predicted octanol–water partition coefficient (Wildman–Crippen LogP) is 5.10. The van der Waals surface area contributed by atoms with E-state index in [0.717, 1.165) is 39.5 Å². The summed E-state index contributed by atoms with van der Waals surface area (Å²) in [4.78, 5) is 8.93. The summed E-state index contributed by atoms with van der Waals surface area (Å²) in [5, 5.41) is 7.91. The molecule has 0 atom stereocenters. The molecule has 1 aromatic carbocycles. The predicted molar refractivity (Wildman–Crippen MR) is 120 cm³/mol. The molecule has 4 aromatic rings. The van der Waals surface area contributed by atoms with Crippen molar-refractivity contribution in [3.63, 3.8) is 0 Å². The Morgan fingerprint density at radius 3 is 2.34 bits per heavy atom. The second-order valence-corrected chi connectivity index (χ2v) is 6.58. The van der Waals surface area contributed by atoms with Gasteiger partial charge in [-0.2, -0.15) is 5.10 Å². The molecule has 0 aliphatic rings. The SMILES string of the molecule is CCn1ncc2c(Cl)c(Cc3cncc4cc(OC)c(OC)cc34)cnc21.Cl.Cl. The molecule has 0 radical (unpaired) electrons. The minimum absolute atomic E-state index is 0. The highest BCUT2D eigenvalue weighted by Crippen LogP contribution is 2.35. The van der Waals surface area contributed by atoms with Crippen LogP contribution in [0.5, 0.6) is 11.5 Å². The minimum atomic E-state index is 0. The Balaban J connectivity index is 0.00000150. The van der Waals surface area contributed by atoms with Crippen LogP contribution in [0, 0.1) is 0 Å². The molecular weight excluding hydrogens is 435 g/mol. The molecule has 0 saturated heterocycles. The van der Waals surface area contributed by atoms with Crippen molar-refractivity contribution < 1.29 is 9.47 Å². The van der Waals surface area contributed by atoms with E-state index in [1.165, 1.54) is 0 Å². The Hall–Kier alpha value is -2.28. The van der Waals surface area contributed by atoms with Crippen LogP contribution in [-0.4, -0.2) is 34.0 Å². The normalized spacial score (nSPS) is 10.5. The molecule has 154 valence electrons. The van der Waals surface area contributed by atoms with E-state index < -0.39 is 0 Å². The van der Waals surface area contributed by atoms with E-state index in [4.69, 9.17) is 21.1 Å². The van der Waals surface area contributed by atoms with Gasteiger partial charge in [-0.1, -0.05) is 11.6 Å². The van der Waals surface area contributed by atoms with Crippen LogP contribution < -0.4 is 9.47 Å². The van der Waals surface area contributed by atoms with E-state index in [1.54, 1.807) is 20.4 Å². The molecule has 29 heavy (non-hydrogen) atoms. The molecule has 0 aliphatic carbocycles. The van der Waals surface area contributed by atoms with Gasteiger partial charge in [-0.25, -0.2) is 9.67 Å². The van der Waals surface area contributed by atoms with Crippen molar-refractivity contribution in [2.75, 3.05) is 14.2 Å². The van der Waals surface area contributed by atoms with Gasteiger partial charge in [0, 0.05) is 36.9 Å². The first-order valence-electron chi connectivity index (χ1n) is 8.63. The second-order valence-electron chi connectivity index (χ2n) is 6.20. The Morgan fingerprint density at radius 2 is 1.66 bits per heavy atom. The largest absolute Gasteiger partial charge is 0.493 e. The van der Waals surface area contributed by atoms with Crippen LogP contribution in [0.15, 0.2) is 36.9 Å². The van der Waals surface area contributed by atoms with Crippen LogP contribution in [-0.2, 0) is 13.0 Å². The maximum absolute atomic E-state index is 6.66. The summed E-state index contributed by atoms with van der Waals surface area (Å²) in [5.41, 5.74) is 2.77. The molecule has 0 unspecified atom stereocenters. The number of methoxy groups -OCH3 is 2. The fraction of sp³-hybridized carbons (Fsp3) is 0.250. The highest BCUT2D eigenvalue weighted by atomic mass is 35.5. The van der Waals surface area contributed by atoms with Gasteiger partial charge in [0.25, 0.3) is 0 Å². The van der Waals surface area contributed by atoms with Crippen molar-refractivity contribution in [1.82, 2.24) is 19.7 Å². The van der Waals surface area contributed by atoms with E-state index in [2.05, 4.69) is 15.1 Å². The van der Waals surface area contributed by atoms with Crippen molar-refractivity contribution in [3.05, 3.63) is 53.1 Å². The first-order valence-corrected chi connectivity index (χ1v) is 9.01. The lowest BCUT2D eigenvalue weighted by molar-refractivity contribution is 0.356. The van der Waals surface area contributed by atoms with Crippen molar-refractivity contribution in [1.29, 1.82) is 0 Å². The van der Waals surface area contributed by atoms with E-state index >= 15 is 0 Å². The number of aromatic nitrogens is 4. The zero-order chi connectivity index (χ0) is 19.0. The molecule has 0 fully saturated rings. The Labute approximate surface area is 186 Å². The summed E-state index contributed by atoms with van der Waals surface area (Å²) in [6, 6.07) is 3.90. The monoisotopic (exact) mass is 454 g/mol. The van der Waals surface area contributed by atoms with Crippen LogP contribution in [0.4, 0.5) is 0 Å². The van der Waals surface area contributed by atoms with E-state index in [9.17, 15) is 0 Å². The van der Waals surface area contributed by atoms with Gasteiger partial charge >= 0.3 is 0 Å². The molecule has 3 heterocycles.